The molecule has 10 heteroatoms. The van der Waals surface area contributed by atoms with Crippen LogP contribution in [0.4, 0.5) is 8.78 Å². The monoisotopic (exact) mass is 463 g/mol. The molecule has 1 aromatic carbocycles. The SMILES string of the molecule is CCNC(=O)c1c(OC)cc(-c2cnc3cc(-c4ccc(C#N)nc4)ccn23)cc1OC(F)F. The summed E-state index contributed by atoms with van der Waals surface area (Å²) in [7, 11) is 1.35. The van der Waals surface area contributed by atoms with Crippen molar-refractivity contribution in [2.75, 3.05) is 13.7 Å². The van der Waals surface area contributed by atoms with Crippen LogP contribution in [0.25, 0.3) is 28.0 Å². The summed E-state index contributed by atoms with van der Waals surface area (Å²) in [5.41, 5.74) is 3.51. The number of carbonyl (C=O) groups excluding carboxylic acids is 1. The lowest BCUT2D eigenvalue weighted by Crippen LogP contribution is -2.24. The van der Waals surface area contributed by atoms with E-state index < -0.39 is 12.5 Å². The number of nitrogens with zero attached hydrogens (tertiary/aromatic N) is 4. The van der Waals surface area contributed by atoms with Crippen LogP contribution in [0.15, 0.2) is 55.0 Å². The van der Waals surface area contributed by atoms with Crippen LogP contribution in [0, 0.1) is 11.3 Å². The number of nitriles is 1. The summed E-state index contributed by atoms with van der Waals surface area (Å²) >= 11 is 0. The summed E-state index contributed by atoms with van der Waals surface area (Å²) in [6.45, 7) is -1.10. The van der Waals surface area contributed by atoms with E-state index in [0.29, 0.717) is 29.1 Å². The van der Waals surface area contributed by atoms with Gasteiger partial charge in [0.15, 0.2) is 0 Å². The lowest BCUT2D eigenvalue weighted by molar-refractivity contribution is -0.0502. The highest BCUT2D eigenvalue weighted by Gasteiger charge is 2.23. The molecule has 4 rings (SSSR count). The number of alkyl halides is 2. The van der Waals surface area contributed by atoms with Crippen molar-refractivity contribution >= 4 is 11.6 Å². The van der Waals surface area contributed by atoms with Gasteiger partial charge in [-0.1, -0.05) is 0 Å². The molecule has 0 unspecified atom stereocenters. The Balaban J connectivity index is 1.80. The van der Waals surface area contributed by atoms with E-state index in [-0.39, 0.29) is 17.1 Å². The second-order valence-corrected chi connectivity index (χ2v) is 7.12. The molecular weight excluding hydrogens is 444 g/mol. The molecule has 0 bridgehead atoms. The second kappa shape index (κ2) is 9.54. The molecule has 0 saturated carbocycles. The summed E-state index contributed by atoms with van der Waals surface area (Å²) < 4.78 is 38.0. The molecule has 0 radical (unpaired) electrons. The predicted octanol–water partition coefficient (Wildman–Crippen LogP) is 4.29. The number of nitrogens with one attached hydrogen (secondary N) is 1. The Bertz CT molecular complexity index is 1390. The summed E-state index contributed by atoms with van der Waals surface area (Å²) in [4.78, 5) is 21.0. The minimum Gasteiger partial charge on any atom is -0.496 e. The summed E-state index contributed by atoms with van der Waals surface area (Å²) in [5, 5.41) is 11.5. The van der Waals surface area contributed by atoms with Crippen molar-refractivity contribution in [3.8, 4) is 40.0 Å². The van der Waals surface area contributed by atoms with Gasteiger partial charge in [-0.05, 0) is 48.9 Å². The molecule has 1 amide bonds. The van der Waals surface area contributed by atoms with Crippen molar-refractivity contribution in [2.24, 2.45) is 0 Å². The zero-order valence-corrected chi connectivity index (χ0v) is 18.3. The number of fused-ring (bicyclic) bond motifs is 1. The van der Waals surface area contributed by atoms with Crippen molar-refractivity contribution < 1.29 is 23.0 Å². The topological polar surface area (TPSA) is 102 Å². The average Bonchev–Trinajstić information content (AvgIpc) is 3.26. The van der Waals surface area contributed by atoms with Crippen LogP contribution in [-0.2, 0) is 0 Å². The number of hydrogen-bond donors (Lipinski definition) is 1. The smallest absolute Gasteiger partial charge is 0.387 e. The van der Waals surface area contributed by atoms with Crippen LogP contribution in [0.1, 0.15) is 23.0 Å². The Hall–Kier alpha value is -4.52. The van der Waals surface area contributed by atoms with Gasteiger partial charge >= 0.3 is 6.61 Å². The van der Waals surface area contributed by atoms with Gasteiger partial charge < -0.3 is 14.8 Å². The van der Waals surface area contributed by atoms with E-state index in [1.54, 1.807) is 48.1 Å². The van der Waals surface area contributed by atoms with Crippen LogP contribution >= 0.6 is 0 Å². The van der Waals surface area contributed by atoms with Crippen molar-refractivity contribution in [1.82, 2.24) is 19.7 Å². The first-order valence-electron chi connectivity index (χ1n) is 10.2. The van der Waals surface area contributed by atoms with Crippen LogP contribution < -0.4 is 14.8 Å². The quantitative estimate of drug-likeness (QED) is 0.439. The molecule has 1 N–H and O–H groups in total. The molecule has 8 nitrogen and oxygen atoms in total. The second-order valence-electron chi connectivity index (χ2n) is 7.12. The number of halogens is 2. The Kier molecular flexibility index (Phi) is 6.36. The molecule has 0 spiro atoms. The van der Waals surface area contributed by atoms with Crippen LogP contribution in [-0.4, -0.2) is 40.5 Å². The maximum Gasteiger partial charge on any atom is 0.387 e. The zero-order valence-electron chi connectivity index (χ0n) is 18.3. The minimum atomic E-state index is -3.13. The Morgan fingerprint density at radius 1 is 1.12 bits per heavy atom. The molecule has 0 aliphatic heterocycles. The highest BCUT2D eigenvalue weighted by Crippen LogP contribution is 2.36. The third-order valence-electron chi connectivity index (χ3n) is 5.09. The largest absolute Gasteiger partial charge is 0.496 e. The third kappa shape index (κ3) is 4.36. The number of aromatic nitrogens is 3. The Morgan fingerprint density at radius 2 is 1.91 bits per heavy atom. The van der Waals surface area contributed by atoms with E-state index in [4.69, 9.17) is 10.00 Å². The van der Waals surface area contributed by atoms with E-state index in [0.717, 1.165) is 11.1 Å². The van der Waals surface area contributed by atoms with Crippen LogP contribution in [0.5, 0.6) is 11.5 Å². The maximum atomic E-state index is 13.1. The van der Waals surface area contributed by atoms with E-state index in [1.807, 2.05) is 18.2 Å². The lowest BCUT2D eigenvalue weighted by atomic mass is 10.1. The van der Waals surface area contributed by atoms with Crippen LogP contribution in [0.3, 0.4) is 0 Å². The molecule has 0 aliphatic carbocycles. The molecule has 0 aliphatic rings. The molecular formula is C24H19F2N5O3. The number of methoxy groups -OCH3 is 1. The maximum absolute atomic E-state index is 13.1. The van der Waals surface area contributed by atoms with Crippen molar-refractivity contribution in [3.63, 3.8) is 0 Å². The Labute approximate surface area is 193 Å². The standard InChI is InChI=1S/C24H19F2N5O3/c1-3-28-23(32)22-19(33-2)8-16(9-20(22)34-24(25)26)18-13-30-21-10-14(6-7-31(18)21)15-4-5-17(11-27)29-12-15/h4-10,12-13,24H,3H2,1-2H3,(H,28,32). The average molecular weight is 463 g/mol. The number of imidazole rings is 1. The predicted molar refractivity (Wildman–Crippen MR) is 120 cm³/mol. The van der Waals surface area contributed by atoms with E-state index in [2.05, 4.69) is 20.0 Å². The molecule has 3 heterocycles. The molecule has 3 aromatic heterocycles. The Morgan fingerprint density at radius 3 is 2.56 bits per heavy atom. The number of rotatable bonds is 7. The van der Waals surface area contributed by atoms with E-state index >= 15 is 0 Å². The normalized spacial score (nSPS) is 10.8. The molecule has 0 saturated heterocycles. The number of ether oxygens (including phenoxy) is 2. The van der Waals surface area contributed by atoms with Gasteiger partial charge in [0.2, 0.25) is 0 Å². The van der Waals surface area contributed by atoms with Gasteiger partial charge in [-0.3, -0.25) is 9.20 Å². The first-order chi connectivity index (χ1) is 16.4. The van der Waals surface area contributed by atoms with Crippen LogP contribution in [0.2, 0.25) is 0 Å². The summed E-state index contributed by atoms with van der Waals surface area (Å²) in [6, 6.07) is 12.0. The minimum absolute atomic E-state index is 0.0920. The van der Waals surface area contributed by atoms with Crippen molar-refractivity contribution in [2.45, 2.75) is 13.5 Å². The molecule has 0 fully saturated rings. The third-order valence-corrected chi connectivity index (χ3v) is 5.09. The van der Waals surface area contributed by atoms with E-state index in [9.17, 15) is 13.6 Å². The number of pyridine rings is 2. The lowest BCUT2D eigenvalue weighted by Gasteiger charge is -2.16. The summed E-state index contributed by atoms with van der Waals surface area (Å²) in [5.74, 6) is -0.791. The van der Waals surface area contributed by atoms with Gasteiger partial charge in [0, 0.05) is 30.1 Å². The zero-order chi connectivity index (χ0) is 24.2. The first kappa shape index (κ1) is 22.7. The van der Waals surface area contributed by atoms with E-state index in [1.165, 1.54) is 13.2 Å². The molecule has 4 aromatic rings. The van der Waals surface area contributed by atoms with Crippen molar-refractivity contribution in [3.05, 3.63) is 66.2 Å². The number of hydrogen-bond acceptors (Lipinski definition) is 6. The first-order valence-corrected chi connectivity index (χ1v) is 10.2. The number of amides is 1. The van der Waals surface area contributed by atoms with Gasteiger partial charge in [-0.15, -0.1) is 0 Å². The fourth-order valence-corrected chi connectivity index (χ4v) is 3.56. The van der Waals surface area contributed by atoms with Gasteiger partial charge in [0.1, 0.15) is 34.5 Å². The molecule has 172 valence electrons. The number of carbonyl (C=O) groups is 1. The van der Waals surface area contributed by atoms with Gasteiger partial charge in [-0.25, -0.2) is 9.97 Å². The van der Waals surface area contributed by atoms with Gasteiger partial charge in [-0.2, -0.15) is 14.0 Å². The highest BCUT2D eigenvalue weighted by molar-refractivity contribution is 6.00. The fraction of sp³-hybridized carbons (Fsp3) is 0.167. The van der Waals surface area contributed by atoms with Crippen molar-refractivity contribution in [1.29, 1.82) is 5.26 Å². The molecule has 34 heavy (non-hydrogen) atoms. The fourth-order valence-electron chi connectivity index (χ4n) is 3.56. The molecule has 0 atom stereocenters. The number of benzene rings is 1. The highest BCUT2D eigenvalue weighted by atomic mass is 19.3. The van der Waals surface area contributed by atoms with Gasteiger partial charge in [0.25, 0.3) is 5.91 Å². The van der Waals surface area contributed by atoms with Gasteiger partial charge in [0.05, 0.1) is 19.0 Å². The summed E-state index contributed by atoms with van der Waals surface area (Å²) in [6.07, 6.45) is 4.97.